The van der Waals surface area contributed by atoms with E-state index in [1.165, 1.54) is 57.8 Å². The summed E-state index contributed by atoms with van der Waals surface area (Å²) in [5.74, 6) is -0.0397. The standard InChI is InChI=1S/C19H40NO2.ClH/c1-5-8-9-10-11-12-13-14-15-16-17-22-19(21)18-20(4,6-2)7-3;/h5-18H2,1-4H3;1H/q+1;/p-1. The number of unbranched alkanes of at least 4 members (excludes halogenated alkanes) is 9. The minimum Gasteiger partial charge on any atom is -1.00 e. The zero-order valence-electron chi connectivity index (χ0n) is 16.0. The molecule has 0 aliphatic rings. The van der Waals surface area contributed by atoms with Gasteiger partial charge in [-0.05, 0) is 20.3 Å². The Labute approximate surface area is 151 Å². The lowest BCUT2D eigenvalue weighted by Gasteiger charge is -2.30. The summed E-state index contributed by atoms with van der Waals surface area (Å²) in [4.78, 5) is 11.8. The number of rotatable bonds is 15. The first-order chi connectivity index (χ1) is 10.6. The number of hydrogen-bond acceptors (Lipinski definition) is 2. The van der Waals surface area contributed by atoms with Crippen LogP contribution in [0.2, 0.25) is 0 Å². The molecule has 0 rings (SSSR count). The molecule has 0 fully saturated rings. The molecule has 0 aromatic carbocycles. The van der Waals surface area contributed by atoms with Crippen molar-refractivity contribution in [2.45, 2.75) is 85.0 Å². The van der Waals surface area contributed by atoms with Gasteiger partial charge in [-0.3, -0.25) is 0 Å². The minimum absolute atomic E-state index is 0. The Hall–Kier alpha value is -0.280. The lowest BCUT2D eigenvalue weighted by molar-refractivity contribution is -0.899. The van der Waals surface area contributed by atoms with Gasteiger partial charge in [0, 0.05) is 0 Å². The molecule has 0 aromatic rings. The molecule has 0 radical (unpaired) electrons. The average molecular weight is 350 g/mol. The number of nitrogens with zero attached hydrogens (tertiary/aromatic N) is 1. The number of carbonyl (C=O) groups excluding carboxylic acids is 1. The van der Waals surface area contributed by atoms with Crippen LogP contribution in [-0.2, 0) is 9.53 Å². The smallest absolute Gasteiger partial charge is 0.361 e. The van der Waals surface area contributed by atoms with Gasteiger partial charge in [0.05, 0.1) is 26.7 Å². The summed E-state index contributed by atoms with van der Waals surface area (Å²) in [6.45, 7) is 9.57. The van der Waals surface area contributed by atoms with Crippen molar-refractivity contribution in [2.24, 2.45) is 0 Å². The largest absolute Gasteiger partial charge is 1.00 e. The van der Waals surface area contributed by atoms with E-state index in [-0.39, 0.29) is 18.4 Å². The third-order valence-corrected chi connectivity index (χ3v) is 4.80. The highest BCUT2D eigenvalue weighted by Gasteiger charge is 2.21. The predicted molar refractivity (Wildman–Crippen MR) is 94.9 cm³/mol. The van der Waals surface area contributed by atoms with Crippen molar-refractivity contribution >= 4 is 5.97 Å². The van der Waals surface area contributed by atoms with Gasteiger partial charge in [-0.25, -0.2) is 4.79 Å². The molecule has 0 aliphatic carbocycles. The summed E-state index contributed by atoms with van der Waals surface area (Å²) in [5, 5.41) is 0. The van der Waals surface area contributed by atoms with Crippen molar-refractivity contribution < 1.29 is 26.4 Å². The Morgan fingerprint density at radius 2 is 1.22 bits per heavy atom. The van der Waals surface area contributed by atoms with Crippen LogP contribution in [0.1, 0.15) is 85.0 Å². The highest BCUT2D eigenvalue weighted by atomic mass is 35.5. The maximum atomic E-state index is 11.8. The highest BCUT2D eigenvalue weighted by Crippen LogP contribution is 2.10. The van der Waals surface area contributed by atoms with E-state index >= 15 is 0 Å². The van der Waals surface area contributed by atoms with E-state index in [0.29, 0.717) is 13.2 Å². The number of likely N-dealkylation sites (N-methyl/N-ethyl adjacent to an activating group) is 1. The molecule has 4 heteroatoms. The summed E-state index contributed by atoms with van der Waals surface area (Å²) < 4.78 is 6.13. The zero-order chi connectivity index (χ0) is 16.7. The number of esters is 1. The van der Waals surface area contributed by atoms with Crippen molar-refractivity contribution in [3.05, 3.63) is 0 Å². The van der Waals surface area contributed by atoms with Gasteiger partial charge < -0.3 is 21.6 Å². The van der Waals surface area contributed by atoms with Crippen molar-refractivity contribution in [3.63, 3.8) is 0 Å². The molecule has 0 aromatic heterocycles. The Morgan fingerprint density at radius 1 is 0.783 bits per heavy atom. The third-order valence-electron chi connectivity index (χ3n) is 4.80. The molecule has 0 spiro atoms. The van der Waals surface area contributed by atoms with Gasteiger partial charge in [0.15, 0.2) is 6.54 Å². The number of carbonyl (C=O) groups is 1. The normalized spacial score (nSPS) is 11.1. The molecule has 0 N–H and O–H groups in total. The van der Waals surface area contributed by atoms with Crippen LogP contribution in [-0.4, -0.2) is 43.7 Å². The second-order valence-electron chi connectivity index (χ2n) is 6.81. The van der Waals surface area contributed by atoms with Crippen LogP contribution in [0.5, 0.6) is 0 Å². The van der Waals surface area contributed by atoms with Crippen LogP contribution in [0, 0.1) is 0 Å². The third kappa shape index (κ3) is 15.0. The Kier molecular flexibility index (Phi) is 18.0. The summed E-state index contributed by atoms with van der Waals surface area (Å²) in [7, 11) is 2.11. The molecule has 0 saturated carbocycles. The van der Waals surface area contributed by atoms with Crippen LogP contribution in [0.25, 0.3) is 0 Å². The van der Waals surface area contributed by atoms with E-state index in [9.17, 15) is 4.79 Å². The topological polar surface area (TPSA) is 26.3 Å². The van der Waals surface area contributed by atoms with Gasteiger partial charge in [0.25, 0.3) is 0 Å². The summed E-state index contributed by atoms with van der Waals surface area (Å²) >= 11 is 0. The minimum atomic E-state index is -0.0397. The van der Waals surface area contributed by atoms with Crippen LogP contribution < -0.4 is 12.4 Å². The van der Waals surface area contributed by atoms with E-state index in [0.717, 1.165) is 24.0 Å². The molecular weight excluding hydrogens is 310 g/mol. The van der Waals surface area contributed by atoms with Gasteiger partial charge in [-0.15, -0.1) is 0 Å². The van der Waals surface area contributed by atoms with Gasteiger partial charge in [0.1, 0.15) is 0 Å². The zero-order valence-corrected chi connectivity index (χ0v) is 16.8. The quantitative estimate of drug-likeness (QED) is 0.256. The maximum Gasteiger partial charge on any atom is 0.361 e. The summed E-state index contributed by atoms with van der Waals surface area (Å²) in [5.41, 5.74) is 0. The van der Waals surface area contributed by atoms with Gasteiger partial charge in [0.2, 0.25) is 0 Å². The molecule has 0 saturated heterocycles. The van der Waals surface area contributed by atoms with Crippen molar-refractivity contribution in [1.82, 2.24) is 0 Å². The summed E-state index contributed by atoms with van der Waals surface area (Å²) in [6, 6.07) is 0. The average Bonchev–Trinajstić information content (AvgIpc) is 2.52. The number of halogens is 1. The molecule has 0 atom stereocenters. The van der Waals surface area contributed by atoms with E-state index in [1.807, 2.05) is 0 Å². The molecule has 0 unspecified atom stereocenters. The monoisotopic (exact) mass is 349 g/mol. The first-order valence-corrected chi connectivity index (χ1v) is 9.57. The first-order valence-electron chi connectivity index (χ1n) is 9.57. The van der Waals surface area contributed by atoms with Crippen molar-refractivity contribution in [1.29, 1.82) is 0 Å². The second-order valence-corrected chi connectivity index (χ2v) is 6.81. The fourth-order valence-electron chi connectivity index (χ4n) is 2.58. The van der Waals surface area contributed by atoms with Crippen molar-refractivity contribution in [3.8, 4) is 0 Å². The van der Waals surface area contributed by atoms with Gasteiger partial charge in [-0.1, -0.05) is 64.7 Å². The molecule has 23 heavy (non-hydrogen) atoms. The van der Waals surface area contributed by atoms with Gasteiger partial charge in [-0.2, -0.15) is 0 Å². The predicted octanol–water partition coefficient (Wildman–Crippen LogP) is 1.94. The van der Waals surface area contributed by atoms with Crippen molar-refractivity contribution in [2.75, 3.05) is 33.3 Å². The van der Waals surface area contributed by atoms with E-state index in [2.05, 4.69) is 27.8 Å². The lowest BCUT2D eigenvalue weighted by Crippen LogP contribution is -3.00. The number of quaternary nitrogens is 1. The Bertz CT molecular complexity index is 268. The van der Waals surface area contributed by atoms with Crippen LogP contribution in [0.15, 0.2) is 0 Å². The SMILES string of the molecule is CCCCCCCCCCCCOC(=O)C[N+](C)(CC)CC.[Cl-]. The maximum absolute atomic E-state index is 11.8. The number of hydrogen-bond donors (Lipinski definition) is 0. The van der Waals surface area contributed by atoms with Crippen LogP contribution in [0.4, 0.5) is 0 Å². The molecular formula is C19H40ClNO2. The fourth-order valence-corrected chi connectivity index (χ4v) is 2.58. The lowest BCUT2D eigenvalue weighted by atomic mass is 10.1. The molecule has 0 heterocycles. The number of ether oxygens (including phenoxy) is 1. The molecule has 0 bridgehead atoms. The second kappa shape index (κ2) is 16.6. The Balaban J connectivity index is 0. The molecule has 3 nitrogen and oxygen atoms in total. The van der Waals surface area contributed by atoms with E-state index in [1.54, 1.807) is 0 Å². The van der Waals surface area contributed by atoms with E-state index < -0.39 is 0 Å². The van der Waals surface area contributed by atoms with Crippen LogP contribution in [0.3, 0.4) is 0 Å². The molecule has 0 amide bonds. The molecule has 0 aliphatic heterocycles. The first kappa shape index (κ1) is 25.0. The Morgan fingerprint density at radius 3 is 1.65 bits per heavy atom. The fraction of sp³-hybridized carbons (Fsp3) is 0.947. The molecule has 140 valence electrons. The highest BCUT2D eigenvalue weighted by molar-refractivity contribution is 5.70. The van der Waals surface area contributed by atoms with Gasteiger partial charge >= 0.3 is 5.97 Å². The summed E-state index contributed by atoms with van der Waals surface area (Å²) in [6.07, 6.45) is 13.1. The van der Waals surface area contributed by atoms with E-state index in [4.69, 9.17) is 4.74 Å². The van der Waals surface area contributed by atoms with Crippen LogP contribution >= 0.6 is 0 Å².